The Morgan fingerprint density at radius 1 is 1.17 bits per heavy atom. The molecule has 3 aromatic rings. The average Bonchev–Trinajstić information content (AvgIpc) is 2.84. The third kappa shape index (κ3) is 1.51. The molecule has 0 aliphatic rings. The standard InChI is InChI=1S/C12H8N4O2/c17-11-9-10(13-6-14-11)16(7-15-9)12(18)8-4-2-1-3-5-8/h1-7H,(H,13,14,17). The van der Waals surface area contributed by atoms with E-state index < -0.39 is 0 Å². The highest BCUT2D eigenvalue weighted by molar-refractivity contribution is 5.99. The van der Waals surface area contributed by atoms with Crippen molar-refractivity contribution in [2.24, 2.45) is 0 Å². The molecule has 1 aromatic carbocycles. The highest BCUT2D eigenvalue weighted by Crippen LogP contribution is 2.08. The Labute approximate surface area is 101 Å². The number of hydrogen-bond acceptors (Lipinski definition) is 4. The Hall–Kier alpha value is -2.76. The molecule has 2 aromatic heterocycles. The molecule has 0 saturated carbocycles. The molecule has 1 N–H and O–H groups in total. The van der Waals surface area contributed by atoms with Crippen LogP contribution in [0.3, 0.4) is 0 Å². The summed E-state index contributed by atoms with van der Waals surface area (Å²) >= 11 is 0. The Morgan fingerprint density at radius 3 is 2.72 bits per heavy atom. The van der Waals surface area contributed by atoms with Crippen molar-refractivity contribution in [3.63, 3.8) is 0 Å². The van der Waals surface area contributed by atoms with E-state index in [1.807, 2.05) is 6.07 Å². The molecular formula is C12H8N4O2. The number of nitrogens with one attached hydrogen (secondary N) is 1. The highest BCUT2D eigenvalue weighted by Gasteiger charge is 2.14. The van der Waals surface area contributed by atoms with Gasteiger partial charge in [0.1, 0.15) is 6.33 Å². The maximum absolute atomic E-state index is 12.2. The second kappa shape index (κ2) is 3.92. The summed E-state index contributed by atoms with van der Waals surface area (Å²) < 4.78 is 1.26. The quantitative estimate of drug-likeness (QED) is 0.682. The average molecular weight is 240 g/mol. The predicted octanol–water partition coefficient (Wildman–Crippen LogP) is 0.808. The number of rotatable bonds is 1. The van der Waals surface area contributed by atoms with Crippen LogP contribution in [0.1, 0.15) is 10.4 Å². The number of benzene rings is 1. The third-order valence-corrected chi connectivity index (χ3v) is 2.58. The van der Waals surface area contributed by atoms with Gasteiger partial charge in [-0.25, -0.2) is 14.5 Å². The van der Waals surface area contributed by atoms with Gasteiger partial charge in [0.15, 0.2) is 11.2 Å². The van der Waals surface area contributed by atoms with E-state index in [9.17, 15) is 9.59 Å². The Morgan fingerprint density at radius 2 is 1.94 bits per heavy atom. The summed E-state index contributed by atoms with van der Waals surface area (Å²) in [6, 6.07) is 8.76. The molecule has 2 heterocycles. The van der Waals surface area contributed by atoms with Crippen LogP contribution in [0.5, 0.6) is 0 Å². The first-order chi connectivity index (χ1) is 8.77. The normalized spacial score (nSPS) is 10.7. The van der Waals surface area contributed by atoms with Crippen molar-refractivity contribution in [2.75, 3.05) is 0 Å². The number of carbonyl (C=O) groups excluding carboxylic acids is 1. The van der Waals surface area contributed by atoms with Crippen LogP contribution in [-0.2, 0) is 0 Å². The molecule has 0 atom stereocenters. The lowest BCUT2D eigenvalue weighted by Gasteiger charge is -2.01. The van der Waals surface area contributed by atoms with E-state index in [0.29, 0.717) is 5.56 Å². The first-order valence-electron chi connectivity index (χ1n) is 5.28. The van der Waals surface area contributed by atoms with Crippen molar-refractivity contribution >= 4 is 17.1 Å². The van der Waals surface area contributed by atoms with Gasteiger partial charge in [0.25, 0.3) is 11.5 Å². The monoisotopic (exact) mass is 240 g/mol. The van der Waals surface area contributed by atoms with Crippen LogP contribution in [0.15, 0.2) is 47.8 Å². The number of aromatic amines is 1. The topological polar surface area (TPSA) is 80.6 Å². The van der Waals surface area contributed by atoms with Crippen LogP contribution in [0, 0.1) is 0 Å². The van der Waals surface area contributed by atoms with Crippen LogP contribution in [0.4, 0.5) is 0 Å². The van der Waals surface area contributed by atoms with Crippen LogP contribution >= 0.6 is 0 Å². The molecule has 0 unspecified atom stereocenters. The lowest BCUT2D eigenvalue weighted by molar-refractivity contribution is 0.0964. The van der Waals surface area contributed by atoms with E-state index in [1.54, 1.807) is 24.3 Å². The fourth-order valence-corrected chi connectivity index (χ4v) is 1.71. The summed E-state index contributed by atoms with van der Waals surface area (Å²) in [5, 5.41) is 0. The Bertz CT molecular complexity index is 773. The molecule has 6 heteroatoms. The summed E-state index contributed by atoms with van der Waals surface area (Å²) in [6.07, 6.45) is 2.56. The Kier molecular flexibility index (Phi) is 2.26. The van der Waals surface area contributed by atoms with Crippen LogP contribution in [0.2, 0.25) is 0 Å². The van der Waals surface area contributed by atoms with E-state index in [4.69, 9.17) is 0 Å². The lowest BCUT2D eigenvalue weighted by atomic mass is 10.2. The van der Waals surface area contributed by atoms with Gasteiger partial charge in [0, 0.05) is 5.56 Å². The molecule has 0 bridgehead atoms. The van der Waals surface area contributed by atoms with Crippen LogP contribution in [-0.4, -0.2) is 25.4 Å². The van der Waals surface area contributed by atoms with Crippen LogP contribution < -0.4 is 5.56 Å². The zero-order valence-corrected chi connectivity index (χ0v) is 9.20. The minimum Gasteiger partial charge on any atom is -0.311 e. The largest absolute Gasteiger partial charge is 0.311 e. The van der Waals surface area contributed by atoms with Crippen molar-refractivity contribution in [3.05, 3.63) is 58.9 Å². The number of aromatic nitrogens is 4. The second-order valence-electron chi connectivity index (χ2n) is 3.69. The van der Waals surface area contributed by atoms with Gasteiger partial charge in [-0.1, -0.05) is 18.2 Å². The van der Waals surface area contributed by atoms with Crippen molar-refractivity contribution in [2.45, 2.75) is 0 Å². The van der Waals surface area contributed by atoms with Gasteiger partial charge in [0.2, 0.25) is 0 Å². The van der Waals surface area contributed by atoms with E-state index in [1.165, 1.54) is 17.2 Å². The van der Waals surface area contributed by atoms with Crippen molar-refractivity contribution < 1.29 is 4.79 Å². The van der Waals surface area contributed by atoms with Gasteiger partial charge in [-0.05, 0) is 12.1 Å². The molecule has 0 spiro atoms. The van der Waals surface area contributed by atoms with Crippen molar-refractivity contribution in [3.8, 4) is 0 Å². The van der Waals surface area contributed by atoms with Gasteiger partial charge in [-0.3, -0.25) is 9.59 Å². The molecule has 3 rings (SSSR count). The minimum absolute atomic E-state index is 0.154. The zero-order valence-electron chi connectivity index (χ0n) is 9.20. The predicted molar refractivity (Wildman–Crippen MR) is 64.3 cm³/mol. The number of carbonyl (C=O) groups is 1. The van der Waals surface area contributed by atoms with E-state index in [-0.39, 0.29) is 22.6 Å². The summed E-state index contributed by atoms with van der Waals surface area (Å²) in [5.41, 5.74) is 0.563. The molecule has 0 aliphatic carbocycles. The van der Waals surface area contributed by atoms with Gasteiger partial charge < -0.3 is 4.98 Å². The van der Waals surface area contributed by atoms with E-state index in [0.717, 1.165) is 0 Å². The minimum atomic E-state index is -0.361. The maximum atomic E-state index is 12.2. The summed E-state index contributed by atoms with van der Waals surface area (Å²) in [4.78, 5) is 34.0. The highest BCUT2D eigenvalue weighted by atomic mass is 16.2. The first kappa shape index (κ1) is 10.4. The third-order valence-electron chi connectivity index (χ3n) is 2.58. The smallest absolute Gasteiger partial charge is 0.278 e. The summed E-state index contributed by atoms with van der Waals surface area (Å²) in [7, 11) is 0. The molecular weight excluding hydrogens is 232 g/mol. The summed E-state index contributed by atoms with van der Waals surface area (Å²) in [5.74, 6) is -0.267. The number of nitrogens with zero attached hydrogens (tertiary/aromatic N) is 3. The molecule has 0 amide bonds. The first-order valence-corrected chi connectivity index (χ1v) is 5.28. The lowest BCUT2D eigenvalue weighted by Crippen LogP contribution is -2.13. The molecule has 18 heavy (non-hydrogen) atoms. The van der Waals surface area contributed by atoms with Gasteiger partial charge in [-0.2, -0.15) is 0 Å². The molecule has 0 aliphatic heterocycles. The van der Waals surface area contributed by atoms with E-state index in [2.05, 4.69) is 15.0 Å². The van der Waals surface area contributed by atoms with Gasteiger partial charge >= 0.3 is 0 Å². The molecule has 0 saturated heterocycles. The number of imidazole rings is 1. The number of H-pyrrole nitrogens is 1. The SMILES string of the molecule is O=C(c1ccccc1)n1cnc2c(=O)[nH]cnc21. The van der Waals surface area contributed by atoms with Gasteiger partial charge in [0.05, 0.1) is 6.33 Å². The Balaban J connectivity index is 2.19. The zero-order chi connectivity index (χ0) is 12.5. The second-order valence-corrected chi connectivity index (χ2v) is 3.69. The molecule has 6 nitrogen and oxygen atoms in total. The molecule has 88 valence electrons. The number of hydrogen-bond donors (Lipinski definition) is 1. The maximum Gasteiger partial charge on any atom is 0.278 e. The molecule has 0 fully saturated rings. The van der Waals surface area contributed by atoms with Gasteiger partial charge in [-0.15, -0.1) is 0 Å². The molecule has 0 radical (unpaired) electrons. The van der Waals surface area contributed by atoms with E-state index >= 15 is 0 Å². The van der Waals surface area contributed by atoms with Crippen molar-refractivity contribution in [1.29, 1.82) is 0 Å². The number of fused-ring (bicyclic) bond motifs is 1. The fraction of sp³-hybridized carbons (Fsp3) is 0. The summed E-state index contributed by atoms with van der Waals surface area (Å²) in [6.45, 7) is 0. The fourth-order valence-electron chi connectivity index (χ4n) is 1.71. The van der Waals surface area contributed by atoms with Crippen LogP contribution in [0.25, 0.3) is 11.2 Å². The van der Waals surface area contributed by atoms with Crippen molar-refractivity contribution in [1.82, 2.24) is 19.5 Å².